The van der Waals surface area contributed by atoms with Crippen molar-refractivity contribution < 1.29 is 28.3 Å². The van der Waals surface area contributed by atoms with Gasteiger partial charge in [0, 0.05) is 37.5 Å². The lowest BCUT2D eigenvalue weighted by Gasteiger charge is -2.35. The molecule has 3 N–H and O–H groups in total. The van der Waals surface area contributed by atoms with Gasteiger partial charge in [0.2, 0.25) is 15.9 Å². The lowest BCUT2D eigenvalue weighted by atomic mass is 9.95. The number of thiazole rings is 1. The largest absolute Gasteiger partial charge is 0.411 e. The van der Waals surface area contributed by atoms with Crippen LogP contribution in [0.25, 0.3) is 0 Å². The van der Waals surface area contributed by atoms with Crippen LogP contribution in [0.1, 0.15) is 87.5 Å². The Bertz CT molecular complexity index is 1780. The number of aromatic nitrogens is 1. The first-order valence-corrected chi connectivity index (χ1v) is 21.0. The summed E-state index contributed by atoms with van der Waals surface area (Å²) in [4.78, 5) is 36.4. The molecule has 0 radical (unpaired) electrons. The summed E-state index contributed by atoms with van der Waals surface area (Å²) < 4.78 is 29.7. The summed E-state index contributed by atoms with van der Waals surface area (Å²) in [5.41, 5.74) is 2.24. The molecule has 2 aromatic carbocycles. The summed E-state index contributed by atoms with van der Waals surface area (Å²) >= 11 is 1.58. The van der Waals surface area contributed by atoms with E-state index in [-0.39, 0.29) is 48.2 Å². The van der Waals surface area contributed by atoms with Crippen molar-refractivity contribution in [1.29, 1.82) is 0 Å². The molecule has 1 saturated carbocycles. The van der Waals surface area contributed by atoms with Gasteiger partial charge in [0.25, 0.3) is 0 Å². The number of benzene rings is 2. The molecule has 3 aromatic rings. The van der Waals surface area contributed by atoms with E-state index in [2.05, 4.69) is 24.3 Å². The molecule has 2 heterocycles. The monoisotopic (exact) mass is 766 g/mol. The number of aliphatic hydroxyl groups is 1. The minimum absolute atomic E-state index is 0.0634. The zero-order chi connectivity index (χ0) is 38.1. The van der Waals surface area contributed by atoms with Gasteiger partial charge in [0.15, 0.2) is 0 Å². The molecule has 0 bridgehead atoms. The molecule has 0 spiro atoms. The third-order valence-electron chi connectivity index (χ3n) is 10.5. The van der Waals surface area contributed by atoms with Crippen LogP contribution in [0.15, 0.2) is 70.0 Å². The number of amides is 3. The Morgan fingerprint density at radius 1 is 1.09 bits per heavy atom. The van der Waals surface area contributed by atoms with E-state index < -0.39 is 28.2 Å². The van der Waals surface area contributed by atoms with Crippen molar-refractivity contribution in [2.75, 3.05) is 26.2 Å². The van der Waals surface area contributed by atoms with Gasteiger partial charge < -0.3 is 25.4 Å². The topological polar surface area (TPSA) is 156 Å². The van der Waals surface area contributed by atoms with Crippen LogP contribution < -0.4 is 5.32 Å². The standard InChI is InChI=1S/C39H54N6O6S2/c1-5-28(4)36(45-20-19-43(39(45)48)24-32-26-52-38(41-32)27(2)3)37(47)42-34(21-29-11-7-6-8-12-29)35(46)25-44(23-31-13-9-10-14-31)53(50,51)33-17-15-30(16-18-33)22-40-49/h6-8,11-12,15-18,22,26-28,31,34-36,46,49H,5,9-10,13-14,19-21,23-25H2,1-4H3,(H,42,47)/b40-22+/t28-,34-,35+,36-/m0/s1. The maximum absolute atomic E-state index is 14.4. The molecular weight excluding hydrogens is 713 g/mol. The van der Waals surface area contributed by atoms with Crippen LogP contribution in [-0.4, -0.2) is 100 Å². The summed E-state index contributed by atoms with van der Waals surface area (Å²) in [5, 5.41) is 30.0. The van der Waals surface area contributed by atoms with Crippen LogP contribution in [0.2, 0.25) is 0 Å². The molecule has 5 rings (SSSR count). The average molecular weight is 767 g/mol. The number of oxime groups is 1. The molecule has 53 heavy (non-hydrogen) atoms. The van der Waals surface area contributed by atoms with Crippen molar-refractivity contribution in [2.24, 2.45) is 17.0 Å². The third-order valence-corrected chi connectivity index (χ3v) is 13.5. The molecule has 14 heteroatoms. The normalized spacial score (nSPS) is 18.0. The van der Waals surface area contributed by atoms with Crippen molar-refractivity contribution in [2.45, 2.75) is 102 Å². The third kappa shape index (κ3) is 10.2. The fraction of sp³-hybridized carbons (Fsp3) is 0.538. The van der Waals surface area contributed by atoms with Gasteiger partial charge in [-0.3, -0.25) is 4.79 Å². The van der Waals surface area contributed by atoms with E-state index >= 15 is 0 Å². The summed E-state index contributed by atoms with van der Waals surface area (Å²) in [6, 6.07) is 13.7. The van der Waals surface area contributed by atoms with Crippen molar-refractivity contribution in [1.82, 2.24) is 24.4 Å². The highest BCUT2D eigenvalue weighted by molar-refractivity contribution is 7.89. The quantitative estimate of drug-likeness (QED) is 0.0853. The van der Waals surface area contributed by atoms with E-state index in [9.17, 15) is 23.1 Å². The zero-order valence-electron chi connectivity index (χ0n) is 31.2. The fourth-order valence-corrected chi connectivity index (χ4v) is 9.60. The first-order valence-electron chi connectivity index (χ1n) is 18.7. The number of sulfonamides is 1. The van der Waals surface area contributed by atoms with Gasteiger partial charge in [0.1, 0.15) is 6.04 Å². The van der Waals surface area contributed by atoms with E-state index in [1.165, 1.54) is 22.7 Å². The fourth-order valence-electron chi connectivity index (χ4n) is 7.24. The van der Waals surface area contributed by atoms with E-state index in [0.717, 1.165) is 41.9 Å². The first kappa shape index (κ1) is 40.3. The van der Waals surface area contributed by atoms with Gasteiger partial charge in [0.05, 0.1) is 40.5 Å². The summed E-state index contributed by atoms with van der Waals surface area (Å²) in [6.45, 7) is 9.34. The molecule has 12 nitrogen and oxygen atoms in total. The molecule has 1 aromatic heterocycles. The molecular formula is C39H54N6O6S2. The number of carbonyl (C=O) groups excluding carboxylic acids is 2. The highest BCUT2D eigenvalue weighted by Crippen LogP contribution is 2.29. The molecule has 4 atom stereocenters. The van der Waals surface area contributed by atoms with Gasteiger partial charge in [-0.2, -0.15) is 4.31 Å². The molecule has 1 aliphatic heterocycles. The van der Waals surface area contributed by atoms with Crippen molar-refractivity contribution in [3.63, 3.8) is 0 Å². The number of aliphatic hydroxyl groups excluding tert-OH is 1. The smallest absolute Gasteiger partial charge is 0.321 e. The molecule has 288 valence electrons. The maximum Gasteiger partial charge on any atom is 0.321 e. The van der Waals surface area contributed by atoms with Gasteiger partial charge in [-0.05, 0) is 54.4 Å². The van der Waals surface area contributed by atoms with E-state index in [4.69, 9.17) is 10.2 Å². The van der Waals surface area contributed by atoms with Crippen molar-refractivity contribution >= 4 is 39.5 Å². The molecule has 3 amide bonds. The zero-order valence-corrected chi connectivity index (χ0v) is 32.8. The molecule has 0 unspecified atom stereocenters. The minimum atomic E-state index is -4.05. The number of rotatable bonds is 18. The second-order valence-electron chi connectivity index (χ2n) is 14.7. The van der Waals surface area contributed by atoms with Gasteiger partial charge in [-0.15, -0.1) is 11.3 Å². The minimum Gasteiger partial charge on any atom is -0.411 e. The molecule has 2 fully saturated rings. The lowest BCUT2D eigenvalue weighted by molar-refractivity contribution is -0.128. The highest BCUT2D eigenvalue weighted by Gasteiger charge is 2.41. The van der Waals surface area contributed by atoms with Gasteiger partial charge >= 0.3 is 6.03 Å². The Hall–Kier alpha value is -3.85. The molecule has 1 aliphatic carbocycles. The second kappa shape index (κ2) is 18.5. The van der Waals surface area contributed by atoms with E-state index in [1.807, 2.05) is 49.6 Å². The number of hydrogen-bond acceptors (Lipinski definition) is 9. The second-order valence-corrected chi connectivity index (χ2v) is 17.5. The van der Waals surface area contributed by atoms with Crippen LogP contribution in [0.5, 0.6) is 0 Å². The lowest BCUT2D eigenvalue weighted by Crippen LogP contribution is -2.57. The Kier molecular flexibility index (Phi) is 14.0. The van der Waals surface area contributed by atoms with E-state index in [0.29, 0.717) is 37.5 Å². The van der Waals surface area contributed by atoms with Crippen LogP contribution in [0, 0.1) is 11.8 Å². The Labute approximate surface area is 318 Å². The predicted octanol–water partition coefficient (Wildman–Crippen LogP) is 5.70. The molecule has 2 aliphatic rings. The number of urea groups is 1. The summed E-state index contributed by atoms with van der Waals surface area (Å²) in [5.74, 6) is -0.110. The first-order chi connectivity index (χ1) is 25.4. The summed E-state index contributed by atoms with van der Waals surface area (Å²) in [6.07, 6.45) is 4.71. The SMILES string of the molecule is CC[C@H](C)[C@@H](C(=O)N[C@@H](Cc1ccccc1)[C@H](O)CN(CC1CCCC1)S(=O)(=O)c1ccc(/C=N/O)cc1)N1CCN(Cc2csc(C(C)C)n2)C1=O. The van der Waals surface area contributed by atoms with Gasteiger partial charge in [-0.1, -0.05) is 94.6 Å². The van der Waals surface area contributed by atoms with Crippen LogP contribution in [0.3, 0.4) is 0 Å². The average Bonchev–Trinajstić information content (AvgIpc) is 3.92. The number of carbonyl (C=O) groups is 2. The van der Waals surface area contributed by atoms with Crippen LogP contribution >= 0.6 is 11.3 Å². The highest BCUT2D eigenvalue weighted by atomic mass is 32.2. The van der Waals surface area contributed by atoms with E-state index in [1.54, 1.807) is 33.3 Å². The number of nitrogens with one attached hydrogen (secondary N) is 1. The molecule has 1 saturated heterocycles. The summed E-state index contributed by atoms with van der Waals surface area (Å²) in [7, 11) is -4.05. The maximum atomic E-state index is 14.4. The van der Waals surface area contributed by atoms with Crippen molar-refractivity contribution in [3.8, 4) is 0 Å². The number of hydrogen-bond donors (Lipinski definition) is 3. The number of nitrogens with zero attached hydrogens (tertiary/aromatic N) is 5. The Morgan fingerprint density at radius 2 is 1.79 bits per heavy atom. The Balaban J connectivity index is 1.38. The Morgan fingerprint density at radius 3 is 2.42 bits per heavy atom. The van der Waals surface area contributed by atoms with Gasteiger partial charge in [-0.25, -0.2) is 18.2 Å². The van der Waals surface area contributed by atoms with Crippen molar-refractivity contribution in [3.05, 3.63) is 81.8 Å². The van der Waals surface area contributed by atoms with Crippen LogP contribution in [-0.2, 0) is 27.8 Å². The van der Waals surface area contributed by atoms with Crippen LogP contribution in [0.4, 0.5) is 4.79 Å². The predicted molar refractivity (Wildman–Crippen MR) is 207 cm³/mol.